The van der Waals surface area contributed by atoms with Crippen LogP contribution in [0.5, 0.6) is 5.75 Å². The number of aliphatic carboxylic acids is 1. The second-order valence-corrected chi connectivity index (χ2v) is 7.79. The van der Waals surface area contributed by atoms with Crippen molar-refractivity contribution < 1.29 is 23.1 Å². The first-order valence-electron chi connectivity index (χ1n) is 6.04. The van der Waals surface area contributed by atoms with Crippen LogP contribution < -0.4 is 4.74 Å². The minimum Gasteiger partial charge on any atom is -0.495 e. The van der Waals surface area contributed by atoms with Gasteiger partial charge in [-0.15, -0.1) is 0 Å². The molecule has 0 radical (unpaired) electrons. The fourth-order valence-corrected chi connectivity index (χ4v) is 5.18. The molecular weight excluding hydrogens is 338 g/mol. The van der Waals surface area contributed by atoms with E-state index in [-0.39, 0.29) is 22.9 Å². The molecule has 0 aliphatic carbocycles. The third-order valence-corrected chi connectivity index (χ3v) is 6.28. The van der Waals surface area contributed by atoms with E-state index in [1.54, 1.807) is 0 Å². The molecule has 1 aromatic rings. The maximum atomic E-state index is 12.7. The number of hydrogen-bond acceptors (Lipinski definition) is 5. The van der Waals surface area contributed by atoms with Crippen molar-refractivity contribution in [2.75, 3.05) is 25.2 Å². The van der Waals surface area contributed by atoms with Crippen LogP contribution in [0.1, 0.15) is 0 Å². The van der Waals surface area contributed by atoms with Crippen molar-refractivity contribution in [1.82, 2.24) is 4.31 Å². The van der Waals surface area contributed by atoms with E-state index in [1.807, 2.05) is 0 Å². The van der Waals surface area contributed by atoms with Gasteiger partial charge in [0.25, 0.3) is 0 Å². The maximum Gasteiger partial charge on any atom is 0.322 e. The van der Waals surface area contributed by atoms with Crippen molar-refractivity contribution in [2.45, 2.75) is 10.9 Å². The quantitative estimate of drug-likeness (QED) is 0.885. The largest absolute Gasteiger partial charge is 0.495 e. The third kappa shape index (κ3) is 3.28. The highest BCUT2D eigenvalue weighted by molar-refractivity contribution is 7.99. The van der Waals surface area contributed by atoms with Gasteiger partial charge in [-0.25, -0.2) is 8.42 Å². The molecule has 2 rings (SSSR count). The lowest BCUT2D eigenvalue weighted by atomic mass is 10.3. The van der Waals surface area contributed by atoms with E-state index in [9.17, 15) is 18.3 Å². The Morgan fingerprint density at radius 1 is 1.52 bits per heavy atom. The zero-order chi connectivity index (χ0) is 15.6. The molecule has 1 heterocycles. The lowest BCUT2D eigenvalue weighted by Crippen LogP contribution is -2.50. The van der Waals surface area contributed by atoms with Crippen LogP contribution in [-0.2, 0) is 14.8 Å². The van der Waals surface area contributed by atoms with Gasteiger partial charge >= 0.3 is 5.97 Å². The van der Waals surface area contributed by atoms with Crippen LogP contribution in [0, 0.1) is 0 Å². The van der Waals surface area contributed by atoms with E-state index >= 15 is 0 Å². The average molecular weight is 352 g/mol. The van der Waals surface area contributed by atoms with Gasteiger partial charge in [0.05, 0.1) is 7.11 Å². The minimum absolute atomic E-state index is 0.0763. The number of carboxylic acid groups (broad SMARTS) is 1. The van der Waals surface area contributed by atoms with Gasteiger partial charge in [-0.1, -0.05) is 11.6 Å². The fourth-order valence-electron chi connectivity index (χ4n) is 2.05. The van der Waals surface area contributed by atoms with Gasteiger partial charge in [0.1, 0.15) is 16.7 Å². The Morgan fingerprint density at radius 2 is 2.24 bits per heavy atom. The Balaban J connectivity index is 2.48. The summed E-state index contributed by atoms with van der Waals surface area (Å²) in [5, 5.41) is 9.56. The SMILES string of the molecule is COc1cc(Cl)ccc1S(=O)(=O)N1CCSCC1C(=O)O. The highest BCUT2D eigenvalue weighted by Gasteiger charge is 2.39. The van der Waals surface area contributed by atoms with Crippen LogP contribution in [0.3, 0.4) is 0 Å². The van der Waals surface area contributed by atoms with Gasteiger partial charge in [0, 0.05) is 29.1 Å². The molecule has 1 N–H and O–H groups in total. The highest BCUT2D eigenvalue weighted by Crippen LogP contribution is 2.32. The average Bonchev–Trinajstić information content (AvgIpc) is 2.46. The summed E-state index contributed by atoms with van der Waals surface area (Å²) >= 11 is 7.24. The van der Waals surface area contributed by atoms with Gasteiger partial charge in [-0.3, -0.25) is 4.79 Å². The number of methoxy groups -OCH3 is 1. The standard InChI is InChI=1S/C12H14ClNO5S2/c1-19-10-6-8(13)2-3-11(10)21(17,18)14-4-5-20-7-9(14)12(15)16/h2-3,6,9H,4-5,7H2,1H3,(H,15,16). The van der Waals surface area contributed by atoms with Crippen LogP contribution in [0.15, 0.2) is 23.1 Å². The molecule has 21 heavy (non-hydrogen) atoms. The second kappa shape index (κ2) is 6.43. The number of rotatable bonds is 4. The van der Waals surface area contributed by atoms with Crippen molar-refractivity contribution in [3.8, 4) is 5.75 Å². The summed E-state index contributed by atoms with van der Waals surface area (Å²) in [5.74, 6) is -0.271. The Morgan fingerprint density at radius 3 is 2.86 bits per heavy atom. The predicted molar refractivity (Wildman–Crippen MR) is 80.6 cm³/mol. The molecule has 1 unspecified atom stereocenters. The van der Waals surface area contributed by atoms with Gasteiger partial charge in [-0.05, 0) is 12.1 Å². The molecule has 1 aliphatic heterocycles. The molecule has 0 amide bonds. The summed E-state index contributed by atoms with van der Waals surface area (Å²) < 4.78 is 31.5. The zero-order valence-corrected chi connectivity index (χ0v) is 13.5. The maximum absolute atomic E-state index is 12.7. The molecule has 0 aromatic heterocycles. The van der Waals surface area contributed by atoms with Gasteiger partial charge in [0.2, 0.25) is 10.0 Å². The first-order chi connectivity index (χ1) is 9.87. The molecule has 6 nitrogen and oxygen atoms in total. The molecule has 1 fully saturated rings. The summed E-state index contributed by atoms with van der Waals surface area (Å²) in [6.45, 7) is 0.149. The first kappa shape index (κ1) is 16.4. The Bertz CT molecular complexity index is 649. The molecule has 0 bridgehead atoms. The van der Waals surface area contributed by atoms with E-state index in [0.29, 0.717) is 10.8 Å². The number of carbonyl (C=O) groups is 1. The van der Waals surface area contributed by atoms with Crippen molar-refractivity contribution >= 4 is 39.4 Å². The number of carboxylic acids is 1. The molecule has 116 valence electrons. The topological polar surface area (TPSA) is 83.9 Å². The van der Waals surface area contributed by atoms with Crippen molar-refractivity contribution in [3.63, 3.8) is 0 Å². The molecule has 9 heteroatoms. The summed E-state index contributed by atoms with van der Waals surface area (Å²) in [6.07, 6.45) is 0. The van der Waals surface area contributed by atoms with E-state index < -0.39 is 22.0 Å². The second-order valence-electron chi connectivity index (χ2n) is 4.34. The summed E-state index contributed by atoms with van der Waals surface area (Å²) in [7, 11) is -2.62. The normalized spacial score (nSPS) is 20.2. The summed E-state index contributed by atoms with van der Waals surface area (Å²) in [5.41, 5.74) is 0. The molecular formula is C12H14ClNO5S2. The lowest BCUT2D eigenvalue weighted by Gasteiger charge is -2.31. The van der Waals surface area contributed by atoms with Crippen LogP contribution in [0.4, 0.5) is 0 Å². The molecule has 1 aliphatic rings. The molecule has 1 atom stereocenters. The number of nitrogens with zero attached hydrogens (tertiary/aromatic N) is 1. The van der Waals surface area contributed by atoms with E-state index in [2.05, 4.69) is 0 Å². The van der Waals surface area contributed by atoms with Crippen LogP contribution in [0.25, 0.3) is 0 Å². The van der Waals surface area contributed by atoms with Gasteiger partial charge in [0.15, 0.2) is 0 Å². The van der Waals surface area contributed by atoms with E-state index in [4.69, 9.17) is 16.3 Å². The summed E-state index contributed by atoms with van der Waals surface area (Å²) in [4.78, 5) is 11.2. The Hall–Kier alpha value is -0.960. The summed E-state index contributed by atoms with van der Waals surface area (Å²) in [6, 6.07) is 3.08. The Kier molecular flexibility index (Phi) is 5.03. The van der Waals surface area contributed by atoms with E-state index in [1.165, 1.54) is 37.1 Å². The van der Waals surface area contributed by atoms with Gasteiger partial charge < -0.3 is 9.84 Å². The van der Waals surface area contributed by atoms with Crippen LogP contribution in [-0.4, -0.2) is 55.0 Å². The monoisotopic (exact) mass is 351 g/mol. The van der Waals surface area contributed by atoms with Crippen molar-refractivity contribution in [3.05, 3.63) is 23.2 Å². The van der Waals surface area contributed by atoms with Crippen molar-refractivity contribution in [1.29, 1.82) is 0 Å². The minimum atomic E-state index is -3.96. The molecule has 1 aromatic carbocycles. The zero-order valence-electron chi connectivity index (χ0n) is 11.2. The number of hydrogen-bond donors (Lipinski definition) is 1. The number of benzene rings is 1. The first-order valence-corrected chi connectivity index (χ1v) is 9.01. The molecule has 0 spiro atoms. The number of sulfonamides is 1. The van der Waals surface area contributed by atoms with Crippen molar-refractivity contribution in [2.24, 2.45) is 0 Å². The smallest absolute Gasteiger partial charge is 0.322 e. The lowest BCUT2D eigenvalue weighted by molar-refractivity contribution is -0.140. The number of thioether (sulfide) groups is 1. The molecule has 1 saturated heterocycles. The molecule has 0 saturated carbocycles. The fraction of sp³-hybridized carbons (Fsp3) is 0.417. The third-order valence-electron chi connectivity index (χ3n) is 3.08. The highest BCUT2D eigenvalue weighted by atomic mass is 35.5. The predicted octanol–water partition coefficient (Wildman–Crippen LogP) is 1.54. The number of ether oxygens (including phenoxy) is 1. The van der Waals surface area contributed by atoms with E-state index in [0.717, 1.165) is 4.31 Å². The van der Waals surface area contributed by atoms with Crippen LogP contribution in [0.2, 0.25) is 5.02 Å². The number of halogens is 1. The van der Waals surface area contributed by atoms with Crippen LogP contribution >= 0.6 is 23.4 Å². The van der Waals surface area contributed by atoms with Gasteiger partial charge in [-0.2, -0.15) is 16.1 Å². The Labute approximate surface area is 132 Å².